The number of benzene rings is 3. The molecule has 35 heavy (non-hydrogen) atoms. The highest BCUT2D eigenvalue weighted by molar-refractivity contribution is 5.87. The Morgan fingerprint density at radius 1 is 0.857 bits per heavy atom. The summed E-state index contributed by atoms with van der Waals surface area (Å²) >= 11 is 0. The lowest BCUT2D eigenvalue weighted by Gasteiger charge is -2.23. The van der Waals surface area contributed by atoms with Crippen LogP contribution in [-0.2, 0) is 14.3 Å². The van der Waals surface area contributed by atoms with Gasteiger partial charge in [0.25, 0.3) is 0 Å². The van der Waals surface area contributed by atoms with Gasteiger partial charge in [0.2, 0.25) is 5.91 Å². The minimum absolute atomic E-state index is 0.0998. The number of aliphatic carboxylic acids is 1. The molecule has 0 aliphatic heterocycles. The van der Waals surface area contributed by atoms with Crippen LogP contribution in [0.15, 0.2) is 78.9 Å². The summed E-state index contributed by atoms with van der Waals surface area (Å²) in [5.74, 6) is -1.59. The lowest BCUT2D eigenvalue weighted by atomic mass is 9.98. The van der Waals surface area contributed by atoms with Crippen molar-refractivity contribution in [2.45, 2.75) is 37.8 Å². The molecule has 2 amide bonds. The van der Waals surface area contributed by atoms with Gasteiger partial charge in [-0.2, -0.15) is 0 Å². The molecule has 0 aromatic heterocycles. The lowest BCUT2D eigenvalue weighted by molar-refractivity contribution is -0.137. The molecule has 0 unspecified atom stereocenters. The van der Waals surface area contributed by atoms with Crippen molar-refractivity contribution < 1.29 is 24.2 Å². The van der Waals surface area contributed by atoms with Crippen molar-refractivity contribution in [1.29, 1.82) is 0 Å². The summed E-state index contributed by atoms with van der Waals surface area (Å²) in [5.41, 5.74) is 5.02. The Morgan fingerprint density at radius 2 is 1.43 bits per heavy atom. The van der Waals surface area contributed by atoms with Crippen molar-refractivity contribution in [2.24, 2.45) is 0 Å². The molecule has 3 N–H and O–H groups in total. The summed E-state index contributed by atoms with van der Waals surface area (Å²) in [7, 11) is 0. The van der Waals surface area contributed by atoms with Gasteiger partial charge >= 0.3 is 12.1 Å². The van der Waals surface area contributed by atoms with Gasteiger partial charge in [-0.05, 0) is 34.2 Å². The number of amides is 2. The fourth-order valence-electron chi connectivity index (χ4n) is 4.50. The van der Waals surface area contributed by atoms with Crippen molar-refractivity contribution in [3.63, 3.8) is 0 Å². The second kappa shape index (κ2) is 10.9. The van der Waals surface area contributed by atoms with Gasteiger partial charge < -0.3 is 20.5 Å². The quantitative estimate of drug-likeness (QED) is 0.421. The van der Waals surface area contributed by atoms with E-state index in [1.807, 2.05) is 42.5 Å². The van der Waals surface area contributed by atoms with Gasteiger partial charge in [-0.1, -0.05) is 85.8 Å². The van der Waals surface area contributed by atoms with Crippen LogP contribution < -0.4 is 10.6 Å². The molecular weight excluding hydrogens is 444 g/mol. The van der Waals surface area contributed by atoms with E-state index < -0.39 is 30.1 Å². The Hall–Kier alpha value is -4.13. The number of ether oxygens (including phenoxy) is 1. The molecule has 3 aromatic rings. The first-order chi connectivity index (χ1) is 17.0. The van der Waals surface area contributed by atoms with Crippen LogP contribution in [-0.4, -0.2) is 35.7 Å². The van der Waals surface area contributed by atoms with E-state index in [2.05, 4.69) is 22.8 Å². The molecular formula is C28H28N2O5. The number of nitrogens with one attached hydrogen (secondary N) is 2. The molecule has 0 bridgehead atoms. The SMILES string of the molecule is CC[C@@H](CC(=O)O)NC(=O)[C@@H](NC(=O)OCC1c2ccccc2-c2ccccc21)c1ccccc1. The van der Waals surface area contributed by atoms with Crippen LogP contribution in [0.25, 0.3) is 11.1 Å². The number of fused-ring (bicyclic) bond motifs is 3. The molecule has 0 fully saturated rings. The average Bonchev–Trinajstić information content (AvgIpc) is 3.19. The number of hydrogen-bond acceptors (Lipinski definition) is 4. The highest BCUT2D eigenvalue weighted by Crippen LogP contribution is 2.44. The Morgan fingerprint density at radius 3 is 2.00 bits per heavy atom. The third-order valence-electron chi connectivity index (χ3n) is 6.26. The summed E-state index contributed by atoms with van der Waals surface area (Å²) in [4.78, 5) is 37.0. The van der Waals surface area contributed by atoms with Crippen LogP contribution in [0.5, 0.6) is 0 Å². The monoisotopic (exact) mass is 472 g/mol. The van der Waals surface area contributed by atoms with E-state index in [0.29, 0.717) is 12.0 Å². The van der Waals surface area contributed by atoms with E-state index in [9.17, 15) is 14.4 Å². The average molecular weight is 473 g/mol. The molecule has 2 atom stereocenters. The maximum absolute atomic E-state index is 13.0. The number of hydrogen-bond donors (Lipinski definition) is 3. The molecule has 4 rings (SSSR count). The Kier molecular flexibility index (Phi) is 7.45. The van der Waals surface area contributed by atoms with Crippen molar-refractivity contribution >= 4 is 18.0 Å². The second-order valence-corrected chi connectivity index (χ2v) is 8.53. The van der Waals surface area contributed by atoms with E-state index >= 15 is 0 Å². The molecule has 0 spiro atoms. The fourth-order valence-corrected chi connectivity index (χ4v) is 4.50. The molecule has 180 valence electrons. The topological polar surface area (TPSA) is 105 Å². The Bertz CT molecular complexity index is 1170. The summed E-state index contributed by atoms with van der Waals surface area (Å²) in [6.45, 7) is 1.92. The third kappa shape index (κ3) is 5.51. The molecule has 0 heterocycles. The van der Waals surface area contributed by atoms with Crippen molar-refractivity contribution in [2.75, 3.05) is 6.61 Å². The van der Waals surface area contributed by atoms with E-state index in [1.54, 1.807) is 31.2 Å². The molecule has 1 aliphatic rings. The molecule has 0 saturated heterocycles. The van der Waals surface area contributed by atoms with Crippen molar-refractivity contribution in [3.05, 3.63) is 95.6 Å². The van der Waals surface area contributed by atoms with Crippen molar-refractivity contribution in [3.8, 4) is 11.1 Å². The van der Waals surface area contributed by atoms with Crippen LogP contribution in [0.2, 0.25) is 0 Å². The first-order valence-electron chi connectivity index (χ1n) is 11.7. The van der Waals surface area contributed by atoms with Gasteiger partial charge in [0, 0.05) is 12.0 Å². The highest BCUT2D eigenvalue weighted by Gasteiger charge is 2.30. The minimum Gasteiger partial charge on any atom is -0.481 e. The van der Waals surface area contributed by atoms with Crippen LogP contribution in [0.3, 0.4) is 0 Å². The Balaban J connectivity index is 1.47. The largest absolute Gasteiger partial charge is 0.481 e. The predicted octanol–water partition coefficient (Wildman–Crippen LogP) is 4.64. The normalized spacial score (nSPS) is 13.7. The summed E-state index contributed by atoms with van der Waals surface area (Å²) in [5, 5.41) is 14.5. The number of carbonyl (C=O) groups is 3. The first kappa shape index (κ1) is 24.0. The predicted molar refractivity (Wildman–Crippen MR) is 132 cm³/mol. The molecule has 7 nitrogen and oxygen atoms in total. The molecule has 0 radical (unpaired) electrons. The highest BCUT2D eigenvalue weighted by atomic mass is 16.5. The number of rotatable bonds is 9. The second-order valence-electron chi connectivity index (χ2n) is 8.53. The van der Waals surface area contributed by atoms with Gasteiger partial charge in [-0.25, -0.2) is 4.79 Å². The molecule has 1 aliphatic carbocycles. The van der Waals surface area contributed by atoms with Gasteiger partial charge in [0.05, 0.1) is 6.42 Å². The zero-order valence-electron chi connectivity index (χ0n) is 19.4. The van der Waals surface area contributed by atoms with Crippen LogP contribution in [0, 0.1) is 0 Å². The van der Waals surface area contributed by atoms with Crippen molar-refractivity contribution in [1.82, 2.24) is 10.6 Å². The number of alkyl carbamates (subject to hydrolysis) is 1. The fraction of sp³-hybridized carbons (Fsp3) is 0.250. The summed E-state index contributed by atoms with van der Waals surface area (Å²) < 4.78 is 5.61. The number of carbonyl (C=O) groups excluding carboxylic acids is 2. The van der Waals surface area contributed by atoms with Gasteiger partial charge in [0.15, 0.2) is 0 Å². The minimum atomic E-state index is -1.02. The van der Waals surface area contributed by atoms with Gasteiger partial charge in [-0.3, -0.25) is 9.59 Å². The smallest absolute Gasteiger partial charge is 0.408 e. The van der Waals surface area contributed by atoms with E-state index in [-0.39, 0.29) is 18.9 Å². The van der Waals surface area contributed by atoms with E-state index in [4.69, 9.17) is 9.84 Å². The van der Waals surface area contributed by atoms with Gasteiger partial charge in [0.1, 0.15) is 12.6 Å². The molecule has 7 heteroatoms. The first-order valence-corrected chi connectivity index (χ1v) is 11.7. The van der Waals surface area contributed by atoms with Gasteiger partial charge in [-0.15, -0.1) is 0 Å². The zero-order valence-corrected chi connectivity index (χ0v) is 19.4. The van der Waals surface area contributed by atoms with Crippen LogP contribution in [0.1, 0.15) is 48.4 Å². The lowest BCUT2D eigenvalue weighted by Crippen LogP contribution is -2.45. The zero-order chi connectivity index (χ0) is 24.8. The van der Waals surface area contributed by atoms with E-state index in [0.717, 1.165) is 22.3 Å². The molecule has 3 aromatic carbocycles. The summed E-state index contributed by atoms with van der Waals surface area (Å²) in [6.07, 6.45) is -0.471. The summed E-state index contributed by atoms with van der Waals surface area (Å²) in [6, 6.07) is 23.3. The molecule has 0 saturated carbocycles. The third-order valence-corrected chi connectivity index (χ3v) is 6.26. The standard InChI is InChI=1S/C28H28N2O5/c1-2-19(16-25(31)32)29-27(33)26(18-10-4-3-5-11-18)30-28(34)35-17-24-22-14-8-6-12-20(22)21-13-7-9-15-23(21)24/h3-15,19,24,26H,2,16-17H2,1H3,(H,29,33)(H,30,34)(H,31,32)/t19-,26-/m0/s1. The van der Waals surface area contributed by atoms with Crippen LogP contribution in [0.4, 0.5) is 4.79 Å². The Labute approximate surface area is 204 Å². The number of carboxylic acid groups (broad SMARTS) is 1. The van der Waals surface area contributed by atoms with Crippen LogP contribution >= 0.6 is 0 Å². The van der Waals surface area contributed by atoms with E-state index in [1.165, 1.54) is 0 Å². The maximum atomic E-state index is 13.0. The number of carboxylic acids is 1. The maximum Gasteiger partial charge on any atom is 0.408 e.